The van der Waals surface area contributed by atoms with Crippen LogP contribution >= 0.6 is 0 Å². The Kier molecular flexibility index (Phi) is 8.18. The molecule has 5 rings (SSSR count). The molecule has 3 aliphatic rings. The number of rotatable bonds is 9. The van der Waals surface area contributed by atoms with Crippen LogP contribution in [0.25, 0.3) is 0 Å². The lowest BCUT2D eigenvalue weighted by atomic mass is 10.0. The zero-order valence-corrected chi connectivity index (χ0v) is 24.6. The van der Waals surface area contributed by atoms with Gasteiger partial charge in [-0.3, -0.25) is 4.79 Å². The number of nitriles is 1. The van der Waals surface area contributed by atoms with E-state index in [-0.39, 0.29) is 18.4 Å². The molecule has 0 radical (unpaired) electrons. The van der Waals surface area contributed by atoms with Crippen molar-refractivity contribution in [1.82, 2.24) is 19.8 Å². The van der Waals surface area contributed by atoms with Gasteiger partial charge in [0.25, 0.3) is 5.91 Å². The summed E-state index contributed by atoms with van der Waals surface area (Å²) < 4.78 is 20.1. The SMILES string of the molecule is C=C(F)C(=O)N1CCN(c2nc(OCC3(CN(C)C)CC3)nc3c2CCN(c2cccc(C)c2C)C3)CC1CC#N. The van der Waals surface area contributed by atoms with Gasteiger partial charge in [-0.25, -0.2) is 4.39 Å². The minimum Gasteiger partial charge on any atom is -0.463 e. The number of piperazine rings is 1. The quantitative estimate of drug-likeness (QED) is 0.428. The summed E-state index contributed by atoms with van der Waals surface area (Å²) in [4.78, 5) is 30.4. The van der Waals surface area contributed by atoms with Gasteiger partial charge in [0.15, 0.2) is 5.83 Å². The Labute approximate surface area is 242 Å². The lowest BCUT2D eigenvalue weighted by Gasteiger charge is -2.42. The van der Waals surface area contributed by atoms with E-state index in [0.29, 0.717) is 32.3 Å². The van der Waals surface area contributed by atoms with E-state index in [1.807, 2.05) is 0 Å². The molecule has 0 spiro atoms. The largest absolute Gasteiger partial charge is 0.463 e. The van der Waals surface area contributed by atoms with Crippen molar-refractivity contribution in [2.75, 3.05) is 63.2 Å². The number of benzene rings is 1. The predicted octanol–water partition coefficient (Wildman–Crippen LogP) is 3.79. The average Bonchev–Trinajstić information content (AvgIpc) is 3.71. The third kappa shape index (κ3) is 6.15. The summed E-state index contributed by atoms with van der Waals surface area (Å²) in [6.07, 6.45) is 3.09. The standard InChI is InChI=1S/C31H40FN7O2/c1-21-7-6-8-27(22(21)2)37-14-10-25-26(18-37)34-30(41-20-31(11-12-31)19-36(4)5)35-28(25)38-15-16-39(29(40)23(3)32)24(17-38)9-13-33/h6-8,24H,3,9-12,14-20H2,1-2,4-5H3. The van der Waals surface area contributed by atoms with Gasteiger partial charge in [0.05, 0.1) is 37.4 Å². The maximum atomic E-state index is 13.8. The Morgan fingerprint density at radius 1 is 1.22 bits per heavy atom. The Bertz CT molecular complexity index is 1370. The molecule has 0 bridgehead atoms. The van der Waals surface area contributed by atoms with E-state index in [9.17, 15) is 14.4 Å². The molecule has 10 heteroatoms. The minimum atomic E-state index is -1.00. The van der Waals surface area contributed by atoms with Crippen LogP contribution in [0.5, 0.6) is 6.01 Å². The van der Waals surface area contributed by atoms with Crippen molar-refractivity contribution >= 4 is 17.4 Å². The van der Waals surface area contributed by atoms with E-state index < -0.39 is 17.8 Å². The topological polar surface area (TPSA) is 88.8 Å². The lowest BCUT2D eigenvalue weighted by Crippen LogP contribution is -2.55. The summed E-state index contributed by atoms with van der Waals surface area (Å²) in [7, 11) is 4.16. The highest BCUT2D eigenvalue weighted by Gasteiger charge is 2.44. The van der Waals surface area contributed by atoms with E-state index in [0.717, 1.165) is 49.4 Å². The Morgan fingerprint density at radius 3 is 2.68 bits per heavy atom. The van der Waals surface area contributed by atoms with Gasteiger partial charge in [0.1, 0.15) is 5.82 Å². The molecule has 9 nitrogen and oxygen atoms in total. The fourth-order valence-corrected chi connectivity index (χ4v) is 6.16. The number of fused-ring (bicyclic) bond motifs is 1. The number of aryl methyl sites for hydroxylation is 1. The molecule has 1 saturated heterocycles. The molecule has 1 amide bonds. The number of hydrogen-bond donors (Lipinski definition) is 0. The number of carbonyl (C=O) groups is 1. The molecular weight excluding hydrogens is 521 g/mol. The maximum Gasteiger partial charge on any atom is 0.318 e. The molecule has 218 valence electrons. The summed E-state index contributed by atoms with van der Waals surface area (Å²) >= 11 is 0. The molecule has 0 N–H and O–H groups in total. The molecule has 2 aromatic rings. The molecule has 3 heterocycles. The van der Waals surface area contributed by atoms with Gasteiger partial charge in [-0.15, -0.1) is 0 Å². The number of halogens is 1. The molecule has 1 saturated carbocycles. The number of aromatic nitrogens is 2. The number of anilines is 2. The fourth-order valence-electron chi connectivity index (χ4n) is 6.16. The smallest absolute Gasteiger partial charge is 0.318 e. The third-order valence-corrected chi connectivity index (χ3v) is 8.66. The first-order chi connectivity index (χ1) is 19.6. The highest BCUT2D eigenvalue weighted by molar-refractivity contribution is 5.91. The summed E-state index contributed by atoms with van der Waals surface area (Å²) in [6, 6.07) is 8.44. The van der Waals surface area contributed by atoms with Crippen molar-refractivity contribution in [1.29, 1.82) is 5.26 Å². The fraction of sp³-hybridized carbons (Fsp3) is 0.548. The second kappa shape index (κ2) is 11.6. The van der Waals surface area contributed by atoms with Crippen LogP contribution in [0, 0.1) is 30.6 Å². The monoisotopic (exact) mass is 561 g/mol. The number of carbonyl (C=O) groups excluding carboxylic acids is 1. The lowest BCUT2D eigenvalue weighted by molar-refractivity contribution is -0.131. The van der Waals surface area contributed by atoms with Crippen molar-refractivity contribution in [3.63, 3.8) is 0 Å². The highest BCUT2D eigenvalue weighted by Crippen LogP contribution is 2.46. The van der Waals surface area contributed by atoms with Crippen molar-refractivity contribution in [3.05, 3.63) is 53.0 Å². The van der Waals surface area contributed by atoms with E-state index in [1.54, 1.807) is 0 Å². The molecule has 1 unspecified atom stereocenters. The number of nitrogens with zero attached hydrogens (tertiary/aromatic N) is 7. The van der Waals surface area contributed by atoms with E-state index in [1.165, 1.54) is 21.7 Å². The molecule has 1 aromatic carbocycles. The second-order valence-corrected chi connectivity index (χ2v) is 12.0. The summed E-state index contributed by atoms with van der Waals surface area (Å²) in [6.45, 7) is 11.6. The van der Waals surface area contributed by atoms with E-state index in [2.05, 4.69) is 73.5 Å². The van der Waals surface area contributed by atoms with Crippen LogP contribution in [0.3, 0.4) is 0 Å². The molecule has 1 atom stereocenters. The van der Waals surface area contributed by atoms with Crippen molar-refractivity contribution < 1.29 is 13.9 Å². The maximum absolute atomic E-state index is 13.8. The first-order valence-electron chi connectivity index (χ1n) is 14.4. The molecule has 41 heavy (non-hydrogen) atoms. The van der Waals surface area contributed by atoms with Crippen molar-refractivity contribution in [3.8, 4) is 12.1 Å². The van der Waals surface area contributed by atoms with E-state index in [4.69, 9.17) is 14.7 Å². The van der Waals surface area contributed by atoms with Crippen LogP contribution in [0.15, 0.2) is 30.6 Å². The Hall–Kier alpha value is -3.71. The molecule has 1 aliphatic carbocycles. The van der Waals surface area contributed by atoms with Crippen LogP contribution in [0.2, 0.25) is 0 Å². The van der Waals surface area contributed by atoms with E-state index >= 15 is 0 Å². The van der Waals surface area contributed by atoms with Crippen LogP contribution < -0.4 is 14.5 Å². The first kappa shape index (κ1) is 28.8. The van der Waals surface area contributed by atoms with Gasteiger partial charge < -0.3 is 24.3 Å². The zero-order chi connectivity index (χ0) is 29.3. The molecule has 2 fully saturated rings. The second-order valence-electron chi connectivity index (χ2n) is 12.0. The molecular formula is C31H40FN7O2. The number of amides is 1. The predicted molar refractivity (Wildman–Crippen MR) is 157 cm³/mol. The van der Waals surface area contributed by atoms with Crippen molar-refractivity contribution in [2.24, 2.45) is 5.41 Å². The number of ether oxygens (including phenoxy) is 1. The van der Waals surface area contributed by atoms with Crippen molar-refractivity contribution in [2.45, 2.75) is 52.1 Å². The van der Waals surface area contributed by atoms with Gasteiger partial charge in [0.2, 0.25) is 0 Å². The zero-order valence-electron chi connectivity index (χ0n) is 24.6. The molecule has 1 aromatic heterocycles. The van der Waals surface area contributed by atoms with Gasteiger partial charge >= 0.3 is 6.01 Å². The highest BCUT2D eigenvalue weighted by atomic mass is 19.1. The summed E-state index contributed by atoms with van der Waals surface area (Å²) in [5, 5.41) is 9.47. The third-order valence-electron chi connectivity index (χ3n) is 8.66. The van der Waals surface area contributed by atoms with Gasteiger partial charge in [-0.2, -0.15) is 15.2 Å². The summed E-state index contributed by atoms with van der Waals surface area (Å²) in [5.41, 5.74) is 5.85. The van der Waals surface area contributed by atoms with Crippen LogP contribution in [-0.2, 0) is 17.8 Å². The van der Waals surface area contributed by atoms with Crippen LogP contribution in [-0.4, -0.2) is 85.1 Å². The number of hydrogen-bond acceptors (Lipinski definition) is 8. The Morgan fingerprint density at radius 2 is 2.00 bits per heavy atom. The summed E-state index contributed by atoms with van der Waals surface area (Å²) in [5.74, 6) is -0.967. The average molecular weight is 562 g/mol. The minimum absolute atomic E-state index is 0.0968. The van der Waals surface area contributed by atoms with Gasteiger partial charge in [0, 0.05) is 49.4 Å². The van der Waals surface area contributed by atoms with Gasteiger partial charge in [-0.1, -0.05) is 18.7 Å². The normalized spacial score (nSPS) is 19.5. The molecule has 2 aliphatic heterocycles. The van der Waals surface area contributed by atoms with Crippen LogP contribution in [0.4, 0.5) is 15.9 Å². The van der Waals surface area contributed by atoms with Gasteiger partial charge in [-0.05, 0) is 64.4 Å². The Balaban J connectivity index is 1.46. The van der Waals surface area contributed by atoms with Crippen LogP contribution in [0.1, 0.15) is 41.6 Å². The first-order valence-corrected chi connectivity index (χ1v) is 14.4.